The highest BCUT2D eigenvalue weighted by atomic mass is 35.6. The molecule has 6 rings (SSSR count). The van der Waals surface area contributed by atoms with Gasteiger partial charge >= 0.3 is 36.3 Å². The van der Waals surface area contributed by atoms with Gasteiger partial charge in [-0.05, 0) is 63.5 Å². The molecule has 74 heavy (non-hydrogen) atoms. The molecule has 11 atom stereocenters. The number of nitrogens with one attached hydrogen (secondary N) is 1. The van der Waals surface area contributed by atoms with Gasteiger partial charge in [-0.2, -0.15) is 0 Å². The van der Waals surface area contributed by atoms with Gasteiger partial charge in [-0.3, -0.25) is 9.59 Å². The Balaban J connectivity index is 1.61. The van der Waals surface area contributed by atoms with Crippen molar-refractivity contribution in [3.05, 3.63) is 82.9 Å². The van der Waals surface area contributed by atoms with Gasteiger partial charge in [0, 0.05) is 25.2 Å². The molecule has 0 aromatic heterocycles. The molecule has 2 bridgehead atoms. The third kappa shape index (κ3) is 12.4. The molecule has 3 fully saturated rings. The third-order valence-corrected chi connectivity index (χ3v) is 14.3. The van der Waals surface area contributed by atoms with E-state index in [0.29, 0.717) is 0 Å². The number of alkyl carbamates (subject to hydrolysis) is 1. The lowest BCUT2D eigenvalue weighted by molar-refractivity contribution is -0.346. The lowest BCUT2D eigenvalue weighted by atomic mass is 9.44. The van der Waals surface area contributed by atoms with E-state index < -0.39 is 159 Å². The number of ketones is 1. The van der Waals surface area contributed by atoms with Gasteiger partial charge in [-0.1, -0.05) is 132 Å². The molecular weight excluding hydrogens is 1100 g/mol. The molecule has 0 unspecified atom stereocenters. The van der Waals surface area contributed by atoms with Gasteiger partial charge in [-0.15, -0.1) is 0 Å². The van der Waals surface area contributed by atoms with E-state index in [1.54, 1.807) is 45.0 Å². The summed E-state index contributed by atoms with van der Waals surface area (Å²) < 4.78 is 47.9. The third-order valence-electron chi connectivity index (χ3n) is 13.7. The number of alkyl halides is 6. The highest BCUT2D eigenvalue weighted by Gasteiger charge is 2.79. The number of aliphatic hydroxyl groups excluding tert-OH is 1. The molecule has 1 amide bonds. The van der Waals surface area contributed by atoms with Crippen molar-refractivity contribution in [2.45, 2.75) is 135 Å². The number of carbonyl (C=O) groups is 7. The fraction of sp³-hybridized carbons (Fsp3) is 0.571. The van der Waals surface area contributed by atoms with Crippen LogP contribution in [0.3, 0.4) is 0 Å². The lowest BCUT2D eigenvalue weighted by Crippen LogP contribution is -2.82. The summed E-state index contributed by atoms with van der Waals surface area (Å²) in [7, 11) is 0. The van der Waals surface area contributed by atoms with Crippen molar-refractivity contribution in [1.82, 2.24) is 5.32 Å². The maximum atomic E-state index is 16.3. The van der Waals surface area contributed by atoms with E-state index in [9.17, 15) is 39.0 Å². The highest BCUT2D eigenvalue weighted by Crippen LogP contribution is 2.65. The van der Waals surface area contributed by atoms with Crippen molar-refractivity contribution < 1.29 is 86.4 Å². The zero-order valence-electron chi connectivity index (χ0n) is 41.1. The topological polar surface area (TPSA) is 255 Å². The number of carbonyl (C=O) groups excluding carboxylic acids is 7. The smallest absolute Gasteiger partial charge is 0.456 e. The number of benzene rings is 2. The minimum Gasteiger partial charge on any atom is -0.456 e. The number of amides is 1. The zero-order valence-corrected chi connectivity index (χ0v) is 45.7. The molecule has 1 heterocycles. The van der Waals surface area contributed by atoms with Crippen molar-refractivity contribution in [3.63, 3.8) is 0 Å². The number of rotatable bonds is 12. The predicted octanol–water partition coefficient (Wildman–Crippen LogP) is 8.32. The Morgan fingerprint density at radius 1 is 0.824 bits per heavy atom. The minimum absolute atomic E-state index is 0.0470. The number of hydrogen-bond donors (Lipinski definition) is 3. The van der Waals surface area contributed by atoms with E-state index in [1.807, 2.05) is 0 Å². The fourth-order valence-electron chi connectivity index (χ4n) is 10.3. The normalized spacial score (nSPS) is 29.2. The van der Waals surface area contributed by atoms with Crippen LogP contribution in [-0.2, 0) is 57.0 Å². The first kappa shape index (κ1) is 58.9. The van der Waals surface area contributed by atoms with Gasteiger partial charge in [0.2, 0.25) is 7.59 Å². The first-order chi connectivity index (χ1) is 34.1. The zero-order chi connectivity index (χ0) is 55.1. The predicted molar refractivity (Wildman–Crippen MR) is 265 cm³/mol. The van der Waals surface area contributed by atoms with Gasteiger partial charge in [0.05, 0.1) is 29.5 Å². The molecule has 3 N–H and O–H groups in total. The average Bonchev–Trinajstić information content (AvgIpc) is 3.29. The first-order valence-electron chi connectivity index (χ1n) is 22.9. The minimum atomic E-state index is -2.66. The Bertz CT molecular complexity index is 2510. The Morgan fingerprint density at radius 3 is 1.89 bits per heavy atom. The van der Waals surface area contributed by atoms with Gasteiger partial charge in [0.25, 0.3) is 0 Å². The quantitative estimate of drug-likeness (QED) is 0.0781. The second kappa shape index (κ2) is 22.0. The summed E-state index contributed by atoms with van der Waals surface area (Å²) in [6, 6.07) is 13.8. The van der Waals surface area contributed by atoms with Crippen LogP contribution in [0, 0.1) is 16.7 Å². The van der Waals surface area contributed by atoms with Crippen LogP contribution in [0.2, 0.25) is 0 Å². The number of hydrogen-bond acceptors (Lipinski definition) is 18. The highest BCUT2D eigenvalue weighted by molar-refractivity contribution is 6.68. The largest absolute Gasteiger partial charge is 0.509 e. The van der Waals surface area contributed by atoms with Crippen LogP contribution in [-0.4, -0.2) is 133 Å². The van der Waals surface area contributed by atoms with Crippen LogP contribution in [0.25, 0.3) is 0 Å². The molecule has 3 aliphatic carbocycles. The molecule has 1 saturated heterocycles. The molecule has 2 aromatic rings. The Morgan fingerprint density at radius 2 is 1.38 bits per heavy atom. The summed E-state index contributed by atoms with van der Waals surface area (Å²) in [6.07, 6.45) is -16.6. The second-order valence-corrected chi connectivity index (χ2v) is 25.1. The van der Waals surface area contributed by atoms with Crippen LogP contribution in [0.15, 0.2) is 71.8 Å². The van der Waals surface area contributed by atoms with Crippen molar-refractivity contribution in [2.24, 2.45) is 16.7 Å². The van der Waals surface area contributed by atoms with Crippen LogP contribution in [0.1, 0.15) is 90.2 Å². The first-order valence-corrected chi connectivity index (χ1v) is 25.2. The van der Waals surface area contributed by atoms with Crippen molar-refractivity contribution in [1.29, 1.82) is 0 Å². The Kier molecular flexibility index (Phi) is 17.5. The number of halogens is 6. The number of fused-ring (bicyclic) bond motifs is 5. The number of esters is 3. The second-order valence-electron chi connectivity index (χ2n) is 20.1. The van der Waals surface area contributed by atoms with Gasteiger partial charge in [-0.25, -0.2) is 24.0 Å². The Labute approximate surface area is 455 Å². The van der Waals surface area contributed by atoms with Crippen molar-refractivity contribution >= 4 is 112 Å². The van der Waals surface area contributed by atoms with E-state index in [0.717, 1.165) is 6.92 Å². The van der Waals surface area contributed by atoms with E-state index in [-0.39, 0.29) is 22.3 Å². The van der Waals surface area contributed by atoms with Gasteiger partial charge in [0.15, 0.2) is 23.6 Å². The number of aliphatic hydroxyl groups is 2. The summed E-state index contributed by atoms with van der Waals surface area (Å²) in [4.78, 5) is 99.4. The van der Waals surface area contributed by atoms with E-state index in [4.69, 9.17) is 112 Å². The van der Waals surface area contributed by atoms with E-state index in [2.05, 4.69) is 5.32 Å². The molecular formula is C49H55Cl6NO18. The van der Waals surface area contributed by atoms with Crippen LogP contribution in [0.4, 0.5) is 14.4 Å². The number of Topliss-reactive ketones (excluding diaryl/α,β-unsaturated/α-hetero) is 1. The number of ether oxygens (including phenoxy) is 9. The summed E-state index contributed by atoms with van der Waals surface area (Å²) in [5.74, 6) is -6.38. The van der Waals surface area contributed by atoms with Gasteiger partial charge < -0.3 is 58.2 Å². The van der Waals surface area contributed by atoms with Crippen LogP contribution in [0.5, 0.6) is 0 Å². The van der Waals surface area contributed by atoms with Crippen molar-refractivity contribution in [2.75, 3.05) is 19.8 Å². The van der Waals surface area contributed by atoms with E-state index in [1.165, 1.54) is 64.1 Å². The molecule has 1 aliphatic heterocycles. The summed E-state index contributed by atoms with van der Waals surface area (Å²) >= 11 is 35.4. The van der Waals surface area contributed by atoms with Crippen LogP contribution >= 0.6 is 69.6 Å². The average molecular weight is 1160 g/mol. The molecule has 4 aliphatic rings. The molecule has 25 heteroatoms. The van der Waals surface area contributed by atoms with E-state index >= 15 is 4.79 Å². The summed E-state index contributed by atoms with van der Waals surface area (Å²) in [5.41, 5.74) is -10.2. The van der Waals surface area contributed by atoms with Gasteiger partial charge in [0.1, 0.15) is 48.8 Å². The SMILES string of the molecule is CC(=O)O[C@@]12CO[C@@H]1C[C@H](OC(=O)OCC(Cl)(Cl)Cl)[C@@]1(C)C(=O)[C@H](OC(=O)OCC(Cl)(Cl)Cl)C3=C(C)[C@@H](OC(=O)[C@H](O)[C@@H](NC(=O)OC(C)(C)C)c4ccccc4)C[C@@](O)([C@@H](OC(=O)c4ccccc4)[C@H]21)C3(C)C. The maximum absolute atomic E-state index is 16.3. The van der Waals surface area contributed by atoms with Crippen LogP contribution < -0.4 is 5.32 Å². The Hall–Kier alpha value is -4.31. The summed E-state index contributed by atoms with van der Waals surface area (Å²) in [6.45, 7) is 9.11. The summed E-state index contributed by atoms with van der Waals surface area (Å²) in [5, 5.41) is 28.4. The molecule has 19 nitrogen and oxygen atoms in total. The molecule has 406 valence electrons. The molecule has 0 radical (unpaired) electrons. The molecule has 2 saturated carbocycles. The molecule has 2 aromatic carbocycles. The monoisotopic (exact) mass is 1160 g/mol. The fourth-order valence-corrected chi connectivity index (χ4v) is 10.7. The maximum Gasteiger partial charge on any atom is 0.509 e. The lowest BCUT2D eigenvalue weighted by Gasteiger charge is -2.67. The standard InChI is InChI=1S/C49H55Cl6NO18/c1-24-28(69-39(61)33(58)32(26-15-11-9-12-16-26)56-40(62)74-43(3,4)5)20-47(65)37(72-38(60)27-17-13-10-14-18-27)35-45(8,36(59)34(31(24)44(47,6)7)71-42(64)68-23-49(53,54)55)29(70-41(63)67-22-48(50,51)52)19-30-46(35,21-66-30)73-25(2)57/h9-18,28-30,32-35,37,58,65H,19-23H2,1-8H3,(H,56,62)/t28-,29-,30+,32-,33+,34+,35-,37-,45+,46-,47+/m0/s1. The molecule has 0 spiro atoms. The van der Waals surface area contributed by atoms with Crippen molar-refractivity contribution in [3.8, 4) is 0 Å².